The van der Waals surface area contributed by atoms with Crippen molar-refractivity contribution in [1.29, 1.82) is 0 Å². The molecule has 2 heterocycles. The summed E-state index contributed by atoms with van der Waals surface area (Å²) in [5, 5.41) is 10.5. The molecular weight excluding hydrogens is 419 g/mol. The van der Waals surface area contributed by atoms with Crippen molar-refractivity contribution in [3.8, 4) is 0 Å². The number of guanidine groups is 1. The van der Waals surface area contributed by atoms with E-state index in [4.69, 9.17) is 0 Å². The molecule has 0 aliphatic heterocycles. The van der Waals surface area contributed by atoms with Crippen LogP contribution < -0.4 is 10.6 Å². The first-order valence-corrected chi connectivity index (χ1v) is 7.36. The van der Waals surface area contributed by atoms with E-state index < -0.39 is 0 Å². The Morgan fingerprint density at radius 3 is 2.46 bits per heavy atom. The molecular formula is C15H21IN8. The fourth-order valence-corrected chi connectivity index (χ4v) is 2.38. The van der Waals surface area contributed by atoms with Crippen LogP contribution >= 0.6 is 24.0 Å². The molecule has 2 N–H and O–H groups in total. The average molecular weight is 440 g/mol. The van der Waals surface area contributed by atoms with Gasteiger partial charge in [0.15, 0.2) is 5.96 Å². The van der Waals surface area contributed by atoms with Gasteiger partial charge in [0.2, 0.25) is 0 Å². The summed E-state index contributed by atoms with van der Waals surface area (Å²) in [5.74, 6) is 2.49. The van der Waals surface area contributed by atoms with Gasteiger partial charge in [-0.25, -0.2) is 9.97 Å². The van der Waals surface area contributed by atoms with Gasteiger partial charge in [-0.2, -0.15) is 5.10 Å². The molecule has 0 saturated carbocycles. The maximum atomic E-state index is 4.63. The zero-order valence-corrected chi connectivity index (χ0v) is 16.2. The monoisotopic (exact) mass is 440 g/mol. The van der Waals surface area contributed by atoms with Gasteiger partial charge < -0.3 is 15.2 Å². The number of aryl methyl sites for hydroxylation is 2. The van der Waals surface area contributed by atoms with Crippen molar-refractivity contribution in [2.75, 3.05) is 7.05 Å². The van der Waals surface area contributed by atoms with E-state index >= 15 is 0 Å². The summed E-state index contributed by atoms with van der Waals surface area (Å²) in [4.78, 5) is 13.0. The lowest BCUT2D eigenvalue weighted by Gasteiger charge is -2.11. The third-order valence-corrected chi connectivity index (χ3v) is 3.74. The molecule has 3 aromatic rings. The number of para-hydroxylation sites is 2. The second kappa shape index (κ2) is 8.08. The van der Waals surface area contributed by atoms with Crippen LogP contribution in [0.1, 0.15) is 11.6 Å². The molecule has 2 aromatic heterocycles. The Morgan fingerprint density at radius 2 is 1.83 bits per heavy atom. The predicted octanol–water partition coefficient (Wildman–Crippen LogP) is 1.18. The Bertz CT molecular complexity index is 835. The number of hydrogen-bond acceptors (Lipinski definition) is 4. The lowest BCUT2D eigenvalue weighted by molar-refractivity contribution is 0.668. The topological polar surface area (TPSA) is 84.9 Å². The highest BCUT2D eigenvalue weighted by Gasteiger charge is 2.08. The second-order valence-corrected chi connectivity index (χ2v) is 5.15. The van der Waals surface area contributed by atoms with Crippen LogP contribution in [0, 0.1) is 0 Å². The number of halogens is 1. The number of aliphatic imine (C=N–C) groups is 1. The molecule has 0 radical (unpaired) electrons. The molecule has 0 unspecified atom stereocenters. The van der Waals surface area contributed by atoms with Crippen molar-refractivity contribution >= 4 is 41.0 Å². The van der Waals surface area contributed by atoms with Crippen LogP contribution in [0.5, 0.6) is 0 Å². The van der Waals surface area contributed by atoms with Gasteiger partial charge in [0.25, 0.3) is 0 Å². The first-order valence-electron chi connectivity index (χ1n) is 7.36. The van der Waals surface area contributed by atoms with E-state index in [0.29, 0.717) is 19.0 Å². The standard InChI is InChI=1S/C15H20N8.HI/c1-16-15(17-8-13-19-10-20-23(13)3)18-9-14-21-11-6-4-5-7-12(11)22(14)2;/h4-7,10H,8-9H2,1-3H3,(H2,16,17,18);1H. The van der Waals surface area contributed by atoms with Crippen LogP contribution in [0.3, 0.4) is 0 Å². The third-order valence-electron chi connectivity index (χ3n) is 3.74. The molecule has 128 valence electrons. The number of hydrogen-bond donors (Lipinski definition) is 2. The molecule has 0 bridgehead atoms. The number of aromatic nitrogens is 5. The summed E-state index contributed by atoms with van der Waals surface area (Å²) in [6.45, 7) is 1.14. The fourth-order valence-electron chi connectivity index (χ4n) is 2.38. The summed E-state index contributed by atoms with van der Waals surface area (Å²) >= 11 is 0. The number of nitrogens with one attached hydrogen (secondary N) is 2. The zero-order valence-electron chi connectivity index (χ0n) is 13.9. The summed E-state index contributed by atoms with van der Waals surface area (Å²) in [7, 11) is 5.61. The van der Waals surface area contributed by atoms with E-state index in [0.717, 1.165) is 22.7 Å². The molecule has 9 heteroatoms. The fraction of sp³-hybridized carbons (Fsp3) is 0.333. The summed E-state index contributed by atoms with van der Waals surface area (Å²) in [5.41, 5.74) is 2.11. The number of fused-ring (bicyclic) bond motifs is 1. The average Bonchev–Trinajstić information content (AvgIpc) is 3.12. The van der Waals surface area contributed by atoms with Gasteiger partial charge in [-0.15, -0.1) is 24.0 Å². The van der Waals surface area contributed by atoms with Gasteiger partial charge in [0.1, 0.15) is 18.0 Å². The minimum absolute atomic E-state index is 0. The smallest absolute Gasteiger partial charge is 0.191 e. The van der Waals surface area contributed by atoms with E-state index in [2.05, 4.69) is 41.3 Å². The lowest BCUT2D eigenvalue weighted by atomic mass is 10.3. The molecule has 0 atom stereocenters. The van der Waals surface area contributed by atoms with Gasteiger partial charge in [-0.05, 0) is 12.1 Å². The molecule has 0 saturated heterocycles. The lowest BCUT2D eigenvalue weighted by Crippen LogP contribution is -2.37. The highest BCUT2D eigenvalue weighted by atomic mass is 127. The molecule has 3 rings (SSSR count). The normalized spacial score (nSPS) is 11.4. The van der Waals surface area contributed by atoms with Gasteiger partial charge in [-0.1, -0.05) is 12.1 Å². The van der Waals surface area contributed by atoms with Crippen LogP contribution in [-0.4, -0.2) is 37.3 Å². The SMILES string of the molecule is CN=C(NCc1ncnn1C)NCc1nc2ccccc2n1C.I. The summed E-state index contributed by atoms with van der Waals surface area (Å²) in [6, 6.07) is 8.09. The summed E-state index contributed by atoms with van der Waals surface area (Å²) < 4.78 is 3.81. The predicted molar refractivity (Wildman–Crippen MR) is 104 cm³/mol. The number of nitrogens with zero attached hydrogens (tertiary/aromatic N) is 6. The van der Waals surface area contributed by atoms with Crippen LogP contribution in [0.4, 0.5) is 0 Å². The van der Waals surface area contributed by atoms with Gasteiger partial charge in [-0.3, -0.25) is 9.67 Å². The molecule has 1 aromatic carbocycles. The quantitative estimate of drug-likeness (QED) is 0.362. The molecule has 0 spiro atoms. The first kappa shape index (κ1) is 18.2. The van der Waals surface area contributed by atoms with Gasteiger partial charge in [0.05, 0.1) is 24.1 Å². The van der Waals surface area contributed by atoms with Crippen molar-refractivity contribution in [1.82, 2.24) is 34.9 Å². The van der Waals surface area contributed by atoms with Crippen molar-refractivity contribution in [3.63, 3.8) is 0 Å². The van der Waals surface area contributed by atoms with Crippen molar-refractivity contribution in [2.24, 2.45) is 19.1 Å². The van der Waals surface area contributed by atoms with Crippen molar-refractivity contribution in [2.45, 2.75) is 13.1 Å². The Labute approximate surface area is 157 Å². The molecule has 8 nitrogen and oxygen atoms in total. The zero-order chi connectivity index (χ0) is 16.2. The highest BCUT2D eigenvalue weighted by Crippen LogP contribution is 2.13. The van der Waals surface area contributed by atoms with Crippen LogP contribution in [0.15, 0.2) is 35.6 Å². The number of rotatable bonds is 4. The maximum Gasteiger partial charge on any atom is 0.191 e. The highest BCUT2D eigenvalue weighted by molar-refractivity contribution is 14.0. The Hall–Kier alpha value is -2.17. The third kappa shape index (κ3) is 3.83. The molecule has 0 amide bonds. The Balaban J connectivity index is 0.00000208. The van der Waals surface area contributed by atoms with E-state index in [1.54, 1.807) is 11.7 Å². The van der Waals surface area contributed by atoms with Gasteiger partial charge >= 0.3 is 0 Å². The minimum Gasteiger partial charge on any atom is -0.349 e. The van der Waals surface area contributed by atoms with E-state index in [1.165, 1.54) is 6.33 Å². The second-order valence-electron chi connectivity index (χ2n) is 5.15. The van der Waals surface area contributed by atoms with Crippen LogP contribution in [0.25, 0.3) is 11.0 Å². The molecule has 0 aliphatic rings. The molecule has 0 fully saturated rings. The van der Waals surface area contributed by atoms with E-state index in [9.17, 15) is 0 Å². The largest absolute Gasteiger partial charge is 0.349 e. The number of benzene rings is 1. The van der Waals surface area contributed by atoms with Gasteiger partial charge in [0, 0.05) is 21.1 Å². The first-order chi connectivity index (χ1) is 11.2. The molecule has 0 aliphatic carbocycles. The van der Waals surface area contributed by atoms with E-state index in [-0.39, 0.29) is 24.0 Å². The van der Waals surface area contributed by atoms with E-state index in [1.807, 2.05) is 32.3 Å². The van der Waals surface area contributed by atoms with Crippen molar-refractivity contribution < 1.29 is 0 Å². The molecule has 24 heavy (non-hydrogen) atoms. The Morgan fingerprint density at radius 1 is 1.12 bits per heavy atom. The number of imidazole rings is 1. The van der Waals surface area contributed by atoms with Crippen LogP contribution in [0.2, 0.25) is 0 Å². The summed E-state index contributed by atoms with van der Waals surface area (Å²) in [6.07, 6.45) is 1.53. The Kier molecular flexibility index (Phi) is 6.12. The van der Waals surface area contributed by atoms with Crippen molar-refractivity contribution in [3.05, 3.63) is 42.2 Å². The maximum absolute atomic E-state index is 4.63. The minimum atomic E-state index is 0. The van der Waals surface area contributed by atoms with Crippen LogP contribution in [-0.2, 0) is 27.2 Å².